The van der Waals surface area contributed by atoms with Gasteiger partial charge < -0.3 is 14.8 Å². The number of nitrogens with zero attached hydrogens (tertiary/aromatic N) is 3. The number of rotatable bonds is 6. The zero-order valence-electron chi connectivity index (χ0n) is 11.8. The molecule has 0 saturated heterocycles. The fourth-order valence-corrected chi connectivity index (χ4v) is 2.55. The first kappa shape index (κ1) is 16.0. The Morgan fingerprint density at radius 1 is 1.42 bits per heavy atom. The van der Waals surface area contributed by atoms with Crippen LogP contribution in [0.1, 0.15) is 39.9 Å². The minimum Gasteiger partial charge on any atom is -0.481 e. The van der Waals surface area contributed by atoms with E-state index in [0.717, 1.165) is 17.6 Å². The molecule has 1 aromatic heterocycles. The number of aliphatic hydroxyl groups excluding tert-OH is 1. The molecule has 0 saturated carbocycles. The van der Waals surface area contributed by atoms with E-state index in [1.165, 1.54) is 0 Å². The summed E-state index contributed by atoms with van der Waals surface area (Å²) in [6, 6.07) is 0. The Kier molecular flexibility index (Phi) is 5.37. The summed E-state index contributed by atoms with van der Waals surface area (Å²) in [6.45, 7) is 7.80. The van der Waals surface area contributed by atoms with Gasteiger partial charge in [0.2, 0.25) is 0 Å². The zero-order chi connectivity index (χ0) is 14.6. The van der Waals surface area contributed by atoms with Crippen molar-refractivity contribution in [3.63, 3.8) is 0 Å². The van der Waals surface area contributed by atoms with Crippen LogP contribution >= 0.6 is 11.8 Å². The van der Waals surface area contributed by atoms with Crippen molar-refractivity contribution in [3.8, 4) is 0 Å². The highest BCUT2D eigenvalue weighted by atomic mass is 32.2. The van der Waals surface area contributed by atoms with E-state index in [1.54, 1.807) is 6.92 Å². The van der Waals surface area contributed by atoms with Crippen LogP contribution in [0.25, 0.3) is 0 Å². The van der Waals surface area contributed by atoms with Gasteiger partial charge in [-0.05, 0) is 34.1 Å². The van der Waals surface area contributed by atoms with Crippen LogP contribution in [0.3, 0.4) is 0 Å². The van der Waals surface area contributed by atoms with Crippen molar-refractivity contribution in [2.45, 2.75) is 57.3 Å². The smallest absolute Gasteiger partial charge is 0.313 e. The molecule has 0 spiro atoms. The summed E-state index contributed by atoms with van der Waals surface area (Å²) < 4.78 is 1.95. The van der Waals surface area contributed by atoms with E-state index in [9.17, 15) is 9.90 Å². The topological polar surface area (TPSA) is 88.2 Å². The first-order valence-corrected chi connectivity index (χ1v) is 7.18. The van der Waals surface area contributed by atoms with Crippen LogP contribution in [0.15, 0.2) is 5.16 Å². The number of carboxylic acids is 1. The number of carbonyl (C=O) groups is 1. The lowest BCUT2D eigenvalue weighted by Crippen LogP contribution is -2.25. The first-order valence-electron chi connectivity index (χ1n) is 6.19. The Bertz CT molecular complexity index is 438. The van der Waals surface area contributed by atoms with E-state index in [2.05, 4.69) is 10.2 Å². The zero-order valence-corrected chi connectivity index (χ0v) is 12.6. The summed E-state index contributed by atoms with van der Waals surface area (Å²) in [5.41, 5.74) is -0.224. The van der Waals surface area contributed by atoms with Crippen molar-refractivity contribution in [3.05, 3.63) is 5.82 Å². The number of aryl methyl sites for hydroxylation is 1. The van der Waals surface area contributed by atoms with E-state index in [0.29, 0.717) is 18.0 Å². The van der Waals surface area contributed by atoms with E-state index < -0.39 is 5.97 Å². The van der Waals surface area contributed by atoms with Crippen LogP contribution in [0.5, 0.6) is 0 Å². The summed E-state index contributed by atoms with van der Waals surface area (Å²) in [5, 5.41) is 26.9. The van der Waals surface area contributed by atoms with Crippen molar-refractivity contribution in [2.24, 2.45) is 0 Å². The number of carboxylic acid groups (broad SMARTS) is 1. The molecule has 0 aliphatic carbocycles. The Labute approximate surface area is 117 Å². The summed E-state index contributed by atoms with van der Waals surface area (Å²) >= 11 is 1.16. The van der Waals surface area contributed by atoms with Crippen LogP contribution in [-0.4, -0.2) is 42.8 Å². The van der Waals surface area contributed by atoms with Crippen molar-refractivity contribution < 1.29 is 15.0 Å². The molecule has 1 aromatic rings. The molecule has 1 rings (SSSR count). The molecule has 0 aliphatic heterocycles. The molecule has 108 valence electrons. The third-order valence-electron chi connectivity index (χ3n) is 2.48. The van der Waals surface area contributed by atoms with Gasteiger partial charge in [0, 0.05) is 12.0 Å². The van der Waals surface area contributed by atoms with Crippen LogP contribution in [0.4, 0.5) is 0 Å². The Balaban J connectivity index is 2.95. The molecule has 0 aliphatic rings. The van der Waals surface area contributed by atoms with Crippen LogP contribution in [-0.2, 0) is 16.8 Å². The van der Waals surface area contributed by atoms with Crippen molar-refractivity contribution in [1.82, 2.24) is 14.8 Å². The highest BCUT2D eigenvalue weighted by Gasteiger charge is 2.23. The Morgan fingerprint density at radius 2 is 2.05 bits per heavy atom. The van der Waals surface area contributed by atoms with E-state index in [4.69, 9.17) is 5.11 Å². The second-order valence-electron chi connectivity index (χ2n) is 5.48. The minimum atomic E-state index is -0.876. The Morgan fingerprint density at radius 3 is 2.53 bits per heavy atom. The van der Waals surface area contributed by atoms with Crippen molar-refractivity contribution >= 4 is 17.7 Å². The number of aliphatic carboxylic acids is 1. The maximum absolute atomic E-state index is 10.6. The van der Waals surface area contributed by atoms with Gasteiger partial charge in [0.15, 0.2) is 5.16 Å². The monoisotopic (exact) mass is 287 g/mol. The van der Waals surface area contributed by atoms with Crippen LogP contribution < -0.4 is 0 Å². The van der Waals surface area contributed by atoms with Crippen molar-refractivity contribution in [2.75, 3.05) is 5.75 Å². The minimum absolute atomic E-state index is 0.0371. The maximum Gasteiger partial charge on any atom is 0.313 e. The first-order chi connectivity index (χ1) is 8.71. The van der Waals surface area contributed by atoms with Gasteiger partial charge in [0.25, 0.3) is 0 Å². The molecular weight excluding hydrogens is 266 g/mol. The summed E-state index contributed by atoms with van der Waals surface area (Å²) in [7, 11) is 0. The molecule has 19 heavy (non-hydrogen) atoms. The van der Waals surface area contributed by atoms with Crippen LogP contribution in [0.2, 0.25) is 0 Å². The van der Waals surface area contributed by atoms with Gasteiger partial charge in [0.05, 0.1) is 11.9 Å². The van der Waals surface area contributed by atoms with Gasteiger partial charge in [-0.3, -0.25) is 4.79 Å². The SMILES string of the molecule is CC(O)CCc1nnc(SCC(=O)O)n1C(C)(C)C. The van der Waals surface area contributed by atoms with E-state index >= 15 is 0 Å². The predicted molar refractivity (Wildman–Crippen MR) is 73.4 cm³/mol. The van der Waals surface area contributed by atoms with E-state index in [-0.39, 0.29) is 17.4 Å². The molecule has 1 atom stereocenters. The fraction of sp³-hybridized carbons (Fsp3) is 0.750. The van der Waals surface area contributed by atoms with Gasteiger partial charge in [0.1, 0.15) is 5.82 Å². The number of aromatic nitrogens is 3. The van der Waals surface area contributed by atoms with Gasteiger partial charge >= 0.3 is 5.97 Å². The molecule has 0 aromatic carbocycles. The molecular formula is C12H21N3O3S. The average molecular weight is 287 g/mol. The van der Waals surface area contributed by atoms with Gasteiger partial charge in [-0.25, -0.2) is 0 Å². The molecule has 0 fully saturated rings. The highest BCUT2D eigenvalue weighted by Crippen LogP contribution is 2.26. The lowest BCUT2D eigenvalue weighted by atomic mass is 10.1. The molecule has 0 radical (unpaired) electrons. The molecule has 1 heterocycles. The number of thioether (sulfide) groups is 1. The Hall–Kier alpha value is -1.08. The molecule has 2 N–H and O–H groups in total. The van der Waals surface area contributed by atoms with Gasteiger partial charge in [-0.1, -0.05) is 11.8 Å². The van der Waals surface area contributed by atoms with Crippen LogP contribution in [0, 0.1) is 0 Å². The quantitative estimate of drug-likeness (QED) is 0.771. The second kappa shape index (κ2) is 6.38. The number of hydrogen-bond donors (Lipinski definition) is 2. The molecule has 1 unspecified atom stereocenters. The maximum atomic E-state index is 10.6. The lowest BCUT2D eigenvalue weighted by molar-refractivity contribution is -0.133. The number of aliphatic hydroxyl groups is 1. The molecule has 0 amide bonds. The average Bonchev–Trinajstić information content (AvgIpc) is 2.66. The molecule has 6 nitrogen and oxygen atoms in total. The number of hydrogen-bond acceptors (Lipinski definition) is 5. The summed E-state index contributed by atoms with van der Waals surface area (Å²) in [4.78, 5) is 10.6. The highest BCUT2D eigenvalue weighted by molar-refractivity contribution is 7.99. The second-order valence-corrected chi connectivity index (χ2v) is 6.42. The predicted octanol–water partition coefficient (Wildman–Crippen LogP) is 1.52. The van der Waals surface area contributed by atoms with Gasteiger partial charge in [-0.15, -0.1) is 10.2 Å². The summed E-state index contributed by atoms with van der Waals surface area (Å²) in [6.07, 6.45) is 0.841. The standard InChI is InChI=1S/C12H21N3O3S/c1-8(16)5-6-9-13-14-11(19-7-10(17)18)15(9)12(2,3)4/h8,16H,5-7H2,1-4H3,(H,17,18). The lowest BCUT2D eigenvalue weighted by Gasteiger charge is -2.24. The van der Waals surface area contributed by atoms with E-state index in [1.807, 2.05) is 25.3 Å². The summed E-state index contributed by atoms with van der Waals surface area (Å²) in [5.74, 6) is -0.134. The largest absolute Gasteiger partial charge is 0.481 e. The fourth-order valence-electron chi connectivity index (χ4n) is 1.69. The molecule has 0 bridgehead atoms. The van der Waals surface area contributed by atoms with Gasteiger partial charge in [-0.2, -0.15) is 0 Å². The molecule has 7 heteroatoms. The van der Waals surface area contributed by atoms with Crippen molar-refractivity contribution in [1.29, 1.82) is 0 Å². The third-order valence-corrected chi connectivity index (χ3v) is 3.40. The normalized spacial score (nSPS) is 13.5. The third kappa shape index (κ3) is 4.83.